The van der Waals surface area contributed by atoms with Crippen LogP contribution in [-0.4, -0.2) is 27.4 Å². The van der Waals surface area contributed by atoms with E-state index in [0.717, 1.165) is 4.90 Å². The second-order valence-corrected chi connectivity index (χ2v) is 5.93. The second kappa shape index (κ2) is 5.73. The summed E-state index contributed by atoms with van der Waals surface area (Å²) in [5.74, 6) is -1.72. The van der Waals surface area contributed by atoms with Crippen LogP contribution in [0.4, 0.5) is 14.5 Å². The Hall–Kier alpha value is -3.07. The minimum atomic E-state index is -4.05. The number of amides is 1. The van der Waals surface area contributed by atoms with Gasteiger partial charge in [-0.3, -0.25) is 9.69 Å². The number of aliphatic hydroxyl groups excluding tert-OH is 1. The van der Waals surface area contributed by atoms with Crippen molar-refractivity contribution in [2.75, 3.05) is 4.90 Å². The molecule has 0 aliphatic carbocycles. The maximum absolute atomic E-state index is 14.2. The van der Waals surface area contributed by atoms with Gasteiger partial charge in [-0.05, 0) is 29.4 Å². The van der Waals surface area contributed by atoms with Gasteiger partial charge in [0.1, 0.15) is 11.0 Å². The summed E-state index contributed by atoms with van der Waals surface area (Å²) in [4.78, 5) is 13.2. The lowest BCUT2D eigenvalue weighted by atomic mass is 10.0. The molecule has 1 unspecified atom stereocenters. The number of carbonyl (C=O) groups is 1. The normalized spacial score (nSPS) is 17.1. The summed E-state index contributed by atoms with van der Waals surface area (Å²) in [6.45, 7) is 1.25. The van der Waals surface area contributed by atoms with E-state index >= 15 is 0 Å². The van der Waals surface area contributed by atoms with Gasteiger partial charge in [0.15, 0.2) is 5.75 Å². The van der Waals surface area contributed by atoms with Crippen LogP contribution in [0.3, 0.4) is 0 Å². The van der Waals surface area contributed by atoms with Gasteiger partial charge in [-0.2, -0.15) is 8.78 Å². The number of alkyl halides is 2. The van der Waals surface area contributed by atoms with Crippen molar-refractivity contribution in [3.05, 3.63) is 47.5 Å². The zero-order chi connectivity index (χ0) is 18.5. The number of halogens is 2. The lowest BCUT2D eigenvalue weighted by Gasteiger charge is -2.35. The number of anilines is 1. The minimum absolute atomic E-state index is 0.146. The fourth-order valence-electron chi connectivity index (χ4n) is 2.95. The van der Waals surface area contributed by atoms with Gasteiger partial charge in [0.25, 0.3) is 0 Å². The number of fused-ring (bicyclic) bond motifs is 2. The predicted octanol–water partition coefficient (Wildman–Crippen LogP) is 2.79. The summed E-state index contributed by atoms with van der Waals surface area (Å²) < 4.78 is 37.7. The molecule has 0 saturated heterocycles. The van der Waals surface area contributed by atoms with Gasteiger partial charge in [-0.1, -0.05) is 24.3 Å². The number of hydrogen-bond donors (Lipinski definition) is 1. The highest BCUT2D eigenvalue weighted by Crippen LogP contribution is 2.44. The molecule has 1 amide bonds. The fourth-order valence-corrected chi connectivity index (χ4v) is 2.95. The van der Waals surface area contributed by atoms with E-state index in [1.807, 2.05) is 0 Å². The number of aromatic nitrogens is 2. The zero-order valence-electron chi connectivity index (χ0n) is 13.5. The van der Waals surface area contributed by atoms with Crippen LogP contribution in [0.15, 0.2) is 41.0 Å². The van der Waals surface area contributed by atoms with E-state index in [-0.39, 0.29) is 23.5 Å². The Morgan fingerprint density at radius 1 is 1.23 bits per heavy atom. The van der Waals surface area contributed by atoms with Crippen molar-refractivity contribution in [2.45, 2.75) is 25.7 Å². The smallest absolute Gasteiger partial charge is 0.423 e. The maximum atomic E-state index is 14.2. The average molecular weight is 361 g/mol. The number of aliphatic hydroxyl groups is 1. The van der Waals surface area contributed by atoms with E-state index in [2.05, 4.69) is 19.7 Å². The van der Waals surface area contributed by atoms with E-state index in [4.69, 9.17) is 0 Å². The molecule has 1 aliphatic heterocycles. The van der Waals surface area contributed by atoms with Gasteiger partial charge in [-0.15, -0.1) is 0 Å². The van der Waals surface area contributed by atoms with Crippen LogP contribution < -0.4 is 9.64 Å². The van der Waals surface area contributed by atoms with Crippen molar-refractivity contribution in [1.82, 2.24) is 10.3 Å². The van der Waals surface area contributed by atoms with Crippen LogP contribution in [0.2, 0.25) is 0 Å². The summed E-state index contributed by atoms with van der Waals surface area (Å²) in [7, 11) is 0. The highest BCUT2D eigenvalue weighted by atomic mass is 19.3. The van der Waals surface area contributed by atoms with Crippen LogP contribution in [0.1, 0.15) is 24.2 Å². The Bertz CT molecular complexity index is 1000. The zero-order valence-corrected chi connectivity index (χ0v) is 13.5. The molecule has 3 aromatic rings. The quantitative estimate of drug-likeness (QED) is 0.772. The highest BCUT2D eigenvalue weighted by molar-refractivity contribution is 6.01. The van der Waals surface area contributed by atoms with Gasteiger partial charge in [0.05, 0.1) is 18.3 Å². The van der Waals surface area contributed by atoms with Crippen molar-refractivity contribution >= 4 is 22.6 Å². The van der Waals surface area contributed by atoms with E-state index in [0.29, 0.717) is 16.6 Å². The Morgan fingerprint density at radius 2 is 2.00 bits per heavy atom. The van der Waals surface area contributed by atoms with Crippen molar-refractivity contribution in [3.8, 4) is 5.75 Å². The number of ether oxygens (including phenoxy) is 1. The molecule has 0 spiro atoms. The lowest BCUT2D eigenvalue weighted by Crippen LogP contribution is -2.50. The lowest BCUT2D eigenvalue weighted by molar-refractivity contribution is -0.193. The first-order valence-corrected chi connectivity index (χ1v) is 7.78. The van der Waals surface area contributed by atoms with Crippen LogP contribution in [0.5, 0.6) is 5.75 Å². The molecule has 0 bridgehead atoms. The number of hydrogen-bond acceptors (Lipinski definition) is 6. The van der Waals surface area contributed by atoms with Gasteiger partial charge < -0.3 is 9.84 Å². The molecule has 2 heterocycles. The molecule has 7 nitrogen and oxygen atoms in total. The number of nitrogens with zero attached hydrogens (tertiary/aromatic N) is 3. The molecule has 1 N–H and O–H groups in total. The summed E-state index contributed by atoms with van der Waals surface area (Å²) in [5, 5.41) is 17.3. The van der Waals surface area contributed by atoms with Gasteiger partial charge >= 0.3 is 12.0 Å². The third-order valence-corrected chi connectivity index (χ3v) is 4.19. The molecule has 1 atom stereocenters. The maximum Gasteiger partial charge on any atom is 0.483 e. The SMILES string of the molecule is CC(O)c1cccc2c1OC(F)(F)C(=O)N2Cc1cccc2nonc12. The summed E-state index contributed by atoms with van der Waals surface area (Å²) in [6.07, 6.45) is -5.09. The van der Waals surface area contributed by atoms with E-state index < -0.39 is 18.1 Å². The molecule has 4 rings (SSSR count). The first-order valence-electron chi connectivity index (χ1n) is 7.78. The molecule has 0 radical (unpaired) electrons. The molecule has 1 aromatic heterocycles. The molecule has 0 saturated carbocycles. The molecule has 134 valence electrons. The molecular weight excluding hydrogens is 348 g/mol. The number of carbonyl (C=O) groups excluding carboxylic acids is 1. The minimum Gasteiger partial charge on any atom is -0.423 e. The molecule has 9 heteroatoms. The Labute approximate surface area is 145 Å². The van der Waals surface area contributed by atoms with Crippen molar-refractivity contribution < 1.29 is 28.0 Å². The Balaban J connectivity index is 1.84. The first-order chi connectivity index (χ1) is 12.4. The number of rotatable bonds is 3. The summed E-state index contributed by atoms with van der Waals surface area (Å²) in [5.41, 5.74) is 1.63. The van der Waals surface area contributed by atoms with Crippen LogP contribution >= 0.6 is 0 Å². The van der Waals surface area contributed by atoms with E-state index in [1.54, 1.807) is 24.3 Å². The topological polar surface area (TPSA) is 88.7 Å². The number of para-hydroxylation sites is 1. The fraction of sp³-hybridized carbons (Fsp3) is 0.235. The predicted molar refractivity (Wildman–Crippen MR) is 85.6 cm³/mol. The van der Waals surface area contributed by atoms with Crippen molar-refractivity contribution in [3.63, 3.8) is 0 Å². The van der Waals surface area contributed by atoms with Crippen molar-refractivity contribution in [2.24, 2.45) is 0 Å². The van der Waals surface area contributed by atoms with Crippen LogP contribution in [0.25, 0.3) is 11.0 Å². The molecular formula is C17H13F2N3O4. The molecule has 1 aliphatic rings. The van der Waals surface area contributed by atoms with Crippen LogP contribution in [0, 0.1) is 0 Å². The standard InChI is InChI=1S/C17H13F2N3O4/c1-9(23)11-5-3-7-13-15(11)25-17(18,19)16(24)22(13)8-10-4-2-6-12-14(10)21-26-20-12/h2-7,9,23H,8H2,1H3. The monoisotopic (exact) mass is 361 g/mol. The summed E-state index contributed by atoms with van der Waals surface area (Å²) >= 11 is 0. The molecule has 2 aromatic carbocycles. The number of benzene rings is 2. The van der Waals surface area contributed by atoms with E-state index in [1.165, 1.54) is 19.1 Å². The second-order valence-electron chi connectivity index (χ2n) is 5.93. The van der Waals surface area contributed by atoms with Gasteiger partial charge in [0.2, 0.25) is 0 Å². The highest BCUT2D eigenvalue weighted by Gasteiger charge is 2.51. The van der Waals surface area contributed by atoms with Gasteiger partial charge in [-0.25, -0.2) is 4.63 Å². The first kappa shape index (κ1) is 16.4. The third-order valence-electron chi connectivity index (χ3n) is 4.19. The summed E-state index contributed by atoms with van der Waals surface area (Å²) in [6, 6.07) is 9.48. The molecule has 0 fully saturated rings. The Kier molecular flexibility index (Phi) is 3.62. The van der Waals surface area contributed by atoms with Gasteiger partial charge in [0, 0.05) is 11.1 Å². The average Bonchev–Trinajstić information content (AvgIpc) is 3.07. The van der Waals surface area contributed by atoms with E-state index in [9.17, 15) is 18.7 Å². The van der Waals surface area contributed by atoms with Crippen LogP contribution in [-0.2, 0) is 11.3 Å². The largest absolute Gasteiger partial charge is 0.483 e. The Morgan fingerprint density at radius 3 is 2.77 bits per heavy atom. The third kappa shape index (κ3) is 2.48. The van der Waals surface area contributed by atoms with Crippen molar-refractivity contribution in [1.29, 1.82) is 0 Å². The molecule has 26 heavy (non-hydrogen) atoms.